The number of rotatable bonds is 81. The Balaban J connectivity index is 3.30. The monoisotopic (exact) mass is 1270 g/mol. The van der Waals surface area contributed by atoms with Gasteiger partial charge in [-0.2, -0.15) is 0 Å². The molecule has 0 heterocycles. The molecule has 2 atom stereocenters. The van der Waals surface area contributed by atoms with Crippen LogP contribution in [-0.2, 0) is 14.3 Å². The average Bonchev–Trinajstić information content (AvgIpc) is 3.62. The van der Waals surface area contributed by atoms with Crippen LogP contribution in [0.5, 0.6) is 0 Å². The molecule has 0 bridgehead atoms. The molecule has 2 unspecified atom stereocenters. The number of aliphatic hydroxyl groups excluding tert-OH is 2. The first-order chi connectivity index (χ1) is 44.5. The number of hydrogen-bond acceptors (Lipinski definition) is 5. The predicted octanol–water partition coefficient (Wildman–Crippen LogP) is 28.1. The predicted molar refractivity (Wildman–Crippen MR) is 398 cm³/mol. The molecule has 0 spiro atoms. The minimum absolute atomic E-state index is 0.0222. The molecule has 6 nitrogen and oxygen atoms in total. The Labute approximate surface area is 566 Å². The van der Waals surface area contributed by atoms with Crippen LogP contribution in [-0.4, -0.2) is 47.4 Å². The Bertz CT molecular complexity index is 1320. The van der Waals surface area contributed by atoms with Crippen molar-refractivity contribution in [3.63, 3.8) is 0 Å². The molecule has 0 aromatic rings. The summed E-state index contributed by atoms with van der Waals surface area (Å²) < 4.78 is 5.49. The molecule has 0 radical (unpaired) electrons. The summed E-state index contributed by atoms with van der Waals surface area (Å²) >= 11 is 0. The molecule has 90 heavy (non-hydrogen) atoms. The van der Waals surface area contributed by atoms with Crippen molar-refractivity contribution >= 4 is 11.9 Å². The highest BCUT2D eigenvalue weighted by Crippen LogP contribution is 2.21. The van der Waals surface area contributed by atoms with Gasteiger partial charge in [-0.25, -0.2) is 0 Å². The third-order valence-corrected chi connectivity index (χ3v) is 20.4. The van der Waals surface area contributed by atoms with Crippen LogP contribution in [0.4, 0.5) is 0 Å². The van der Waals surface area contributed by atoms with Crippen molar-refractivity contribution in [3.05, 3.63) is 0 Å². The molecule has 0 saturated heterocycles. The summed E-state index contributed by atoms with van der Waals surface area (Å²) in [5.74, 6) is 0.00236. The van der Waals surface area contributed by atoms with Crippen LogP contribution < -0.4 is 5.32 Å². The summed E-state index contributed by atoms with van der Waals surface area (Å²) in [5.41, 5.74) is 0. The lowest BCUT2D eigenvalue weighted by molar-refractivity contribution is -0.143. The van der Waals surface area contributed by atoms with Crippen LogP contribution in [0.25, 0.3) is 0 Å². The summed E-state index contributed by atoms with van der Waals surface area (Å²) in [6, 6.07) is -0.538. The van der Waals surface area contributed by atoms with Gasteiger partial charge < -0.3 is 20.3 Å². The maximum absolute atomic E-state index is 12.6. The smallest absolute Gasteiger partial charge is 0.305 e. The third-order valence-electron chi connectivity index (χ3n) is 20.4. The second kappa shape index (κ2) is 80.3. The Morgan fingerprint density at radius 1 is 0.267 bits per heavy atom. The molecule has 0 aliphatic rings. The normalized spacial score (nSPS) is 12.4. The maximum Gasteiger partial charge on any atom is 0.305 e. The number of nitrogens with one attached hydrogen (secondary N) is 1. The molecular weight excluding hydrogens is 1100 g/mol. The first-order valence-electron chi connectivity index (χ1n) is 42.3. The average molecular weight is 1270 g/mol. The zero-order valence-electron chi connectivity index (χ0n) is 61.9. The van der Waals surface area contributed by atoms with Gasteiger partial charge >= 0.3 is 5.97 Å². The van der Waals surface area contributed by atoms with Gasteiger partial charge in [0.2, 0.25) is 5.91 Å². The molecule has 0 aliphatic heterocycles. The second-order valence-corrected chi connectivity index (χ2v) is 29.5. The van der Waals surface area contributed by atoms with E-state index in [-0.39, 0.29) is 18.5 Å². The van der Waals surface area contributed by atoms with Crippen LogP contribution in [0.1, 0.15) is 502 Å². The molecule has 0 saturated carbocycles. The second-order valence-electron chi connectivity index (χ2n) is 29.5. The zero-order chi connectivity index (χ0) is 64.9. The molecule has 0 rings (SSSR count). The Morgan fingerprint density at radius 2 is 0.456 bits per heavy atom. The van der Waals surface area contributed by atoms with Crippen LogP contribution in [0.15, 0.2) is 0 Å². The highest BCUT2D eigenvalue weighted by Gasteiger charge is 2.20. The van der Waals surface area contributed by atoms with E-state index in [0.717, 1.165) is 38.5 Å². The number of ether oxygens (including phenoxy) is 1. The number of carbonyl (C=O) groups is 2. The van der Waals surface area contributed by atoms with Crippen molar-refractivity contribution in [2.75, 3.05) is 13.2 Å². The molecule has 0 aliphatic carbocycles. The molecule has 3 N–H and O–H groups in total. The molecule has 1 amide bonds. The third kappa shape index (κ3) is 75.9. The lowest BCUT2D eigenvalue weighted by Gasteiger charge is -2.22. The molecule has 0 fully saturated rings. The van der Waals surface area contributed by atoms with E-state index in [1.807, 2.05) is 0 Å². The van der Waals surface area contributed by atoms with Gasteiger partial charge in [-0.1, -0.05) is 463 Å². The van der Waals surface area contributed by atoms with E-state index >= 15 is 0 Å². The maximum atomic E-state index is 12.6. The van der Waals surface area contributed by atoms with Crippen molar-refractivity contribution in [1.82, 2.24) is 5.32 Å². The van der Waals surface area contributed by atoms with Gasteiger partial charge in [0, 0.05) is 12.8 Å². The summed E-state index contributed by atoms with van der Waals surface area (Å²) in [4.78, 5) is 24.6. The van der Waals surface area contributed by atoms with Crippen molar-refractivity contribution in [3.8, 4) is 0 Å². The highest BCUT2D eigenvalue weighted by atomic mass is 16.5. The Kier molecular flexibility index (Phi) is 79.3. The highest BCUT2D eigenvalue weighted by molar-refractivity contribution is 5.76. The van der Waals surface area contributed by atoms with E-state index in [1.54, 1.807) is 0 Å². The van der Waals surface area contributed by atoms with Gasteiger partial charge in [-0.05, 0) is 25.7 Å². The van der Waals surface area contributed by atoms with Crippen LogP contribution >= 0.6 is 0 Å². The van der Waals surface area contributed by atoms with Gasteiger partial charge in [0.25, 0.3) is 0 Å². The number of unbranched alkanes of at least 4 members (excludes halogenated alkanes) is 70. The number of carbonyl (C=O) groups excluding carboxylic acids is 2. The lowest BCUT2D eigenvalue weighted by atomic mass is 10.0. The zero-order valence-corrected chi connectivity index (χ0v) is 61.9. The first kappa shape index (κ1) is 88.9. The minimum Gasteiger partial charge on any atom is -0.466 e. The van der Waals surface area contributed by atoms with Gasteiger partial charge in [-0.15, -0.1) is 0 Å². The molecule has 0 aromatic heterocycles. The van der Waals surface area contributed by atoms with E-state index in [1.165, 1.54) is 430 Å². The summed E-state index contributed by atoms with van der Waals surface area (Å²) in [6.45, 7) is 5.02. The summed E-state index contributed by atoms with van der Waals surface area (Å²) in [7, 11) is 0. The van der Waals surface area contributed by atoms with E-state index in [2.05, 4.69) is 19.2 Å². The van der Waals surface area contributed by atoms with Crippen molar-refractivity contribution in [2.45, 2.75) is 514 Å². The SMILES string of the molecule is CCCCCCCCCCCCCCCCCCCCCCCCCCCC(O)C(CO)NC(=O)CCCCCCCCCCCCCCCCCCCCCCCCCCCCCCCCCCCCCCCOC(=O)CCCCCCCCCCCCC. The quantitative estimate of drug-likeness (QED) is 0.0417. The summed E-state index contributed by atoms with van der Waals surface area (Å²) in [5, 5.41) is 23.5. The fourth-order valence-corrected chi connectivity index (χ4v) is 14.0. The Morgan fingerprint density at radius 3 is 0.678 bits per heavy atom. The van der Waals surface area contributed by atoms with Crippen LogP contribution in [0.2, 0.25) is 0 Å². The van der Waals surface area contributed by atoms with Gasteiger partial charge in [-0.3, -0.25) is 9.59 Å². The number of aliphatic hydroxyl groups is 2. The van der Waals surface area contributed by atoms with Gasteiger partial charge in [0.05, 0.1) is 25.4 Å². The fraction of sp³-hybridized carbons (Fsp3) is 0.976. The van der Waals surface area contributed by atoms with E-state index < -0.39 is 12.1 Å². The van der Waals surface area contributed by atoms with Crippen LogP contribution in [0.3, 0.4) is 0 Å². The molecule has 538 valence electrons. The summed E-state index contributed by atoms with van der Waals surface area (Å²) in [6.07, 6.45) is 101. The van der Waals surface area contributed by atoms with Crippen molar-refractivity contribution in [1.29, 1.82) is 0 Å². The lowest BCUT2D eigenvalue weighted by Crippen LogP contribution is -2.45. The van der Waals surface area contributed by atoms with Gasteiger partial charge in [0.1, 0.15) is 0 Å². The van der Waals surface area contributed by atoms with E-state index in [9.17, 15) is 19.8 Å². The van der Waals surface area contributed by atoms with Crippen molar-refractivity contribution < 1.29 is 24.5 Å². The van der Waals surface area contributed by atoms with Crippen LogP contribution in [0, 0.1) is 0 Å². The van der Waals surface area contributed by atoms with Crippen molar-refractivity contribution in [2.24, 2.45) is 0 Å². The molecular formula is C84H167NO5. The molecule has 6 heteroatoms. The topological polar surface area (TPSA) is 95.9 Å². The standard InChI is InChI=1S/C84H167NO5/c1-3-5-7-9-11-13-15-16-17-18-19-20-21-35-38-41-44-47-50-53-57-60-64-68-72-76-82(87)81(80-86)85-83(88)77-73-69-65-61-58-54-51-48-45-42-39-36-33-31-29-27-25-23-22-24-26-28-30-32-34-37-40-43-46-49-52-55-59-63-67-71-75-79-90-84(89)78-74-70-66-62-56-14-12-10-8-6-4-2/h81-82,86-87H,3-80H2,1-2H3,(H,85,88). The number of amides is 1. The van der Waals surface area contributed by atoms with E-state index in [0.29, 0.717) is 25.9 Å². The van der Waals surface area contributed by atoms with E-state index in [4.69, 9.17) is 4.74 Å². The number of hydrogen-bond donors (Lipinski definition) is 3. The minimum atomic E-state index is -0.661. The Hall–Kier alpha value is -1.14. The number of esters is 1. The largest absolute Gasteiger partial charge is 0.466 e. The molecule has 0 aromatic carbocycles. The van der Waals surface area contributed by atoms with Gasteiger partial charge in [0.15, 0.2) is 0 Å². The first-order valence-corrected chi connectivity index (χ1v) is 42.3. The fourth-order valence-electron chi connectivity index (χ4n) is 14.0.